The number of carbonyl (C=O) groups is 1. The maximum Gasteiger partial charge on any atom is 0.222 e. The van der Waals surface area contributed by atoms with Crippen molar-refractivity contribution in [2.24, 2.45) is 4.99 Å². The van der Waals surface area contributed by atoms with Gasteiger partial charge in [-0.2, -0.15) is 0 Å². The van der Waals surface area contributed by atoms with Crippen molar-refractivity contribution in [2.45, 2.75) is 45.8 Å². The highest BCUT2D eigenvalue weighted by Gasteiger charge is 2.19. The van der Waals surface area contributed by atoms with Crippen LogP contribution in [0.5, 0.6) is 5.75 Å². The third-order valence-corrected chi connectivity index (χ3v) is 5.45. The molecule has 6 heteroatoms. The van der Waals surface area contributed by atoms with E-state index in [1.54, 1.807) is 7.05 Å². The molecule has 0 aliphatic carbocycles. The number of rotatable bonds is 8. The summed E-state index contributed by atoms with van der Waals surface area (Å²) in [6.45, 7) is 6.95. The Kier molecular flexibility index (Phi) is 8.33. The first kappa shape index (κ1) is 22.7. The summed E-state index contributed by atoms with van der Waals surface area (Å²) in [5.41, 5.74) is 3.81. The van der Waals surface area contributed by atoms with E-state index in [1.807, 2.05) is 36.1 Å². The summed E-state index contributed by atoms with van der Waals surface area (Å²) in [4.78, 5) is 18.8. The highest BCUT2D eigenvalue weighted by atomic mass is 16.5. The molecule has 0 saturated heterocycles. The lowest BCUT2D eigenvalue weighted by Crippen LogP contribution is -2.42. The zero-order chi connectivity index (χ0) is 22.1. The standard InChI is InChI=1S/C25H34N4O2/c1-19-8-6-11-23(16-19)31-20(2)17-28-25(26-3)27-14-7-12-24(30)29-15-13-21-9-4-5-10-22(21)18-29/h4-6,8-11,16,20H,7,12-15,17-18H2,1-3H3,(H2,26,27,28). The van der Waals surface area contributed by atoms with Crippen molar-refractivity contribution in [1.82, 2.24) is 15.5 Å². The molecule has 1 aliphatic heterocycles. The number of aryl methyl sites for hydroxylation is 1. The third-order valence-electron chi connectivity index (χ3n) is 5.45. The summed E-state index contributed by atoms with van der Waals surface area (Å²) in [5, 5.41) is 6.57. The molecule has 6 nitrogen and oxygen atoms in total. The first-order valence-corrected chi connectivity index (χ1v) is 11.1. The Morgan fingerprint density at radius 2 is 1.97 bits per heavy atom. The highest BCUT2D eigenvalue weighted by molar-refractivity contribution is 5.80. The zero-order valence-corrected chi connectivity index (χ0v) is 18.9. The van der Waals surface area contributed by atoms with Crippen molar-refractivity contribution in [1.29, 1.82) is 0 Å². The second-order valence-corrected chi connectivity index (χ2v) is 8.06. The van der Waals surface area contributed by atoms with Crippen LogP contribution in [0.1, 0.15) is 36.5 Å². The number of ether oxygens (including phenoxy) is 1. The molecule has 1 unspecified atom stereocenters. The summed E-state index contributed by atoms with van der Waals surface area (Å²) in [6, 6.07) is 16.4. The lowest BCUT2D eigenvalue weighted by atomic mass is 9.99. The summed E-state index contributed by atoms with van der Waals surface area (Å²) in [5.74, 6) is 1.81. The number of hydrogen-bond acceptors (Lipinski definition) is 3. The van der Waals surface area contributed by atoms with Gasteiger partial charge in [-0.05, 0) is 55.5 Å². The minimum Gasteiger partial charge on any atom is -0.489 e. The van der Waals surface area contributed by atoms with Crippen LogP contribution in [0.3, 0.4) is 0 Å². The van der Waals surface area contributed by atoms with Gasteiger partial charge in [-0.3, -0.25) is 9.79 Å². The van der Waals surface area contributed by atoms with E-state index >= 15 is 0 Å². The second-order valence-electron chi connectivity index (χ2n) is 8.06. The molecule has 0 radical (unpaired) electrons. The lowest BCUT2D eigenvalue weighted by molar-refractivity contribution is -0.132. The van der Waals surface area contributed by atoms with Gasteiger partial charge in [-0.15, -0.1) is 0 Å². The SMILES string of the molecule is CN=C(NCCCC(=O)N1CCc2ccccc2C1)NCC(C)Oc1cccc(C)c1. The molecule has 1 aliphatic rings. The topological polar surface area (TPSA) is 66.0 Å². The average molecular weight is 423 g/mol. The largest absolute Gasteiger partial charge is 0.489 e. The van der Waals surface area contributed by atoms with E-state index in [9.17, 15) is 4.79 Å². The summed E-state index contributed by atoms with van der Waals surface area (Å²) in [7, 11) is 1.75. The number of carbonyl (C=O) groups excluding carboxylic acids is 1. The van der Waals surface area contributed by atoms with Crippen molar-refractivity contribution in [3.8, 4) is 5.75 Å². The molecule has 1 heterocycles. The van der Waals surface area contributed by atoms with Crippen LogP contribution in [0.2, 0.25) is 0 Å². The van der Waals surface area contributed by atoms with Gasteiger partial charge in [0.1, 0.15) is 11.9 Å². The Hall–Kier alpha value is -3.02. The Morgan fingerprint density at radius 3 is 2.74 bits per heavy atom. The minimum atomic E-state index is 0.00362. The molecule has 0 aromatic heterocycles. The van der Waals surface area contributed by atoms with Gasteiger partial charge in [-0.1, -0.05) is 36.4 Å². The van der Waals surface area contributed by atoms with Crippen LogP contribution in [0.15, 0.2) is 53.5 Å². The number of aliphatic imine (C=N–C) groups is 1. The number of benzene rings is 2. The Labute approximate surface area is 185 Å². The highest BCUT2D eigenvalue weighted by Crippen LogP contribution is 2.19. The van der Waals surface area contributed by atoms with Gasteiger partial charge in [0.15, 0.2) is 5.96 Å². The van der Waals surface area contributed by atoms with E-state index in [4.69, 9.17) is 4.74 Å². The normalized spacial score (nSPS) is 14.5. The molecule has 0 saturated carbocycles. The van der Waals surface area contributed by atoms with Crippen LogP contribution in [0.25, 0.3) is 0 Å². The van der Waals surface area contributed by atoms with Crippen molar-refractivity contribution >= 4 is 11.9 Å². The van der Waals surface area contributed by atoms with E-state index in [-0.39, 0.29) is 12.0 Å². The van der Waals surface area contributed by atoms with Crippen molar-refractivity contribution in [2.75, 3.05) is 26.7 Å². The molecule has 2 N–H and O–H groups in total. The van der Waals surface area contributed by atoms with Gasteiger partial charge in [0.2, 0.25) is 5.91 Å². The lowest BCUT2D eigenvalue weighted by Gasteiger charge is -2.29. The molecular weight excluding hydrogens is 388 g/mol. The number of nitrogens with zero attached hydrogens (tertiary/aromatic N) is 2. The van der Waals surface area contributed by atoms with Crippen molar-refractivity contribution in [3.05, 3.63) is 65.2 Å². The Bertz CT molecular complexity index is 897. The van der Waals surface area contributed by atoms with Gasteiger partial charge >= 0.3 is 0 Å². The number of nitrogens with one attached hydrogen (secondary N) is 2. The fourth-order valence-electron chi connectivity index (χ4n) is 3.74. The van der Waals surface area contributed by atoms with Gasteiger partial charge in [-0.25, -0.2) is 0 Å². The maximum atomic E-state index is 12.6. The fraction of sp³-hybridized carbons (Fsp3) is 0.440. The summed E-state index contributed by atoms with van der Waals surface area (Å²) in [6.07, 6.45) is 2.26. The first-order chi connectivity index (χ1) is 15.0. The quantitative estimate of drug-likeness (QED) is 0.389. The van der Waals surface area contributed by atoms with Crippen LogP contribution >= 0.6 is 0 Å². The van der Waals surface area contributed by atoms with Gasteiger partial charge < -0.3 is 20.3 Å². The maximum absolute atomic E-state index is 12.6. The Balaban J connectivity index is 1.33. The molecule has 0 bridgehead atoms. The number of guanidine groups is 1. The van der Waals surface area contributed by atoms with E-state index in [0.717, 1.165) is 37.6 Å². The van der Waals surface area contributed by atoms with Gasteiger partial charge in [0, 0.05) is 33.1 Å². The van der Waals surface area contributed by atoms with E-state index < -0.39 is 0 Å². The smallest absolute Gasteiger partial charge is 0.222 e. The van der Waals surface area contributed by atoms with E-state index in [1.165, 1.54) is 16.7 Å². The molecule has 0 fully saturated rings. The van der Waals surface area contributed by atoms with Gasteiger partial charge in [0.05, 0.1) is 6.54 Å². The van der Waals surface area contributed by atoms with Crippen LogP contribution < -0.4 is 15.4 Å². The van der Waals surface area contributed by atoms with Gasteiger partial charge in [0.25, 0.3) is 0 Å². The number of fused-ring (bicyclic) bond motifs is 1. The van der Waals surface area contributed by atoms with Crippen molar-refractivity contribution < 1.29 is 9.53 Å². The summed E-state index contributed by atoms with van der Waals surface area (Å²) < 4.78 is 5.94. The van der Waals surface area contributed by atoms with Crippen LogP contribution in [-0.2, 0) is 17.8 Å². The molecule has 0 spiro atoms. The second kappa shape index (κ2) is 11.4. The third kappa shape index (κ3) is 7.02. The fourth-order valence-corrected chi connectivity index (χ4v) is 3.74. The predicted molar refractivity (Wildman–Crippen MR) is 125 cm³/mol. The van der Waals surface area contributed by atoms with E-state index in [2.05, 4.69) is 46.8 Å². The zero-order valence-electron chi connectivity index (χ0n) is 18.9. The van der Waals surface area contributed by atoms with Crippen LogP contribution in [-0.4, -0.2) is 49.6 Å². The molecule has 166 valence electrons. The van der Waals surface area contributed by atoms with Crippen LogP contribution in [0.4, 0.5) is 0 Å². The van der Waals surface area contributed by atoms with E-state index in [0.29, 0.717) is 19.5 Å². The van der Waals surface area contributed by atoms with Crippen LogP contribution in [0, 0.1) is 6.92 Å². The molecule has 31 heavy (non-hydrogen) atoms. The number of hydrogen-bond donors (Lipinski definition) is 2. The molecule has 2 aromatic carbocycles. The monoisotopic (exact) mass is 422 g/mol. The number of amides is 1. The molecule has 3 rings (SSSR count). The first-order valence-electron chi connectivity index (χ1n) is 11.1. The predicted octanol–water partition coefficient (Wildman–Crippen LogP) is 3.29. The minimum absolute atomic E-state index is 0.00362. The molecule has 1 atom stereocenters. The molecular formula is C25H34N4O2. The Morgan fingerprint density at radius 1 is 1.16 bits per heavy atom. The molecule has 1 amide bonds. The average Bonchev–Trinajstić information content (AvgIpc) is 2.78. The van der Waals surface area contributed by atoms with Crippen molar-refractivity contribution in [3.63, 3.8) is 0 Å². The summed E-state index contributed by atoms with van der Waals surface area (Å²) >= 11 is 0. The molecule has 2 aromatic rings.